The molecule has 0 saturated heterocycles. The van der Waals surface area contributed by atoms with E-state index in [0.29, 0.717) is 24.1 Å². The Morgan fingerprint density at radius 1 is 0.963 bits per heavy atom. The van der Waals surface area contributed by atoms with Crippen LogP contribution in [0.2, 0.25) is 0 Å². The van der Waals surface area contributed by atoms with Gasteiger partial charge >= 0.3 is 0 Å². The Hall–Kier alpha value is -3.41. The zero-order valence-corrected chi connectivity index (χ0v) is 14.7. The summed E-state index contributed by atoms with van der Waals surface area (Å²) in [5.74, 6) is -0.665. The molecule has 0 aliphatic carbocycles. The second kappa shape index (κ2) is 7.07. The zero-order valence-electron chi connectivity index (χ0n) is 14.7. The maximum atomic E-state index is 12.3. The highest BCUT2D eigenvalue weighted by molar-refractivity contribution is 6.21. The molecule has 2 heterocycles. The predicted molar refractivity (Wildman–Crippen MR) is 101 cm³/mol. The number of aromatic amines is 1. The number of rotatable bonds is 6. The van der Waals surface area contributed by atoms with Crippen LogP contribution >= 0.6 is 0 Å². The number of fused-ring (bicyclic) bond motifs is 2. The molecule has 1 aromatic heterocycles. The van der Waals surface area contributed by atoms with Gasteiger partial charge in [-0.1, -0.05) is 30.3 Å². The minimum absolute atomic E-state index is 0.100. The van der Waals surface area contributed by atoms with Crippen LogP contribution in [0.25, 0.3) is 10.9 Å². The summed E-state index contributed by atoms with van der Waals surface area (Å²) in [5, 5.41) is 3.98. The van der Waals surface area contributed by atoms with E-state index in [4.69, 9.17) is 0 Å². The molecule has 136 valence electrons. The molecular formula is C21H19N3O3. The molecule has 27 heavy (non-hydrogen) atoms. The SMILES string of the molecule is O=C(CCCN1C(=O)c2ccccc2C1=O)NCc1c[nH]c2ccccc12. The third kappa shape index (κ3) is 3.21. The molecule has 6 heteroatoms. The van der Waals surface area contributed by atoms with E-state index in [0.717, 1.165) is 16.5 Å². The van der Waals surface area contributed by atoms with Gasteiger partial charge in [0.15, 0.2) is 0 Å². The quantitative estimate of drug-likeness (QED) is 0.663. The van der Waals surface area contributed by atoms with Crippen molar-refractivity contribution in [2.24, 2.45) is 0 Å². The summed E-state index contributed by atoms with van der Waals surface area (Å²) in [4.78, 5) is 41.1. The molecule has 0 saturated carbocycles. The lowest BCUT2D eigenvalue weighted by atomic mass is 10.1. The van der Waals surface area contributed by atoms with Crippen molar-refractivity contribution in [1.29, 1.82) is 0 Å². The van der Waals surface area contributed by atoms with Gasteiger partial charge < -0.3 is 10.3 Å². The van der Waals surface area contributed by atoms with Crippen LogP contribution in [0.15, 0.2) is 54.7 Å². The number of benzene rings is 2. The van der Waals surface area contributed by atoms with Crippen LogP contribution in [0, 0.1) is 0 Å². The number of amides is 3. The summed E-state index contributed by atoms with van der Waals surface area (Å²) >= 11 is 0. The molecule has 2 N–H and O–H groups in total. The van der Waals surface area contributed by atoms with Crippen LogP contribution in [-0.4, -0.2) is 34.2 Å². The summed E-state index contributed by atoms with van der Waals surface area (Å²) in [6, 6.07) is 14.7. The minimum Gasteiger partial charge on any atom is -0.361 e. The predicted octanol–water partition coefficient (Wildman–Crippen LogP) is 2.86. The van der Waals surface area contributed by atoms with Crippen molar-refractivity contribution in [3.8, 4) is 0 Å². The molecule has 0 bridgehead atoms. The molecule has 0 spiro atoms. The number of imide groups is 1. The molecule has 2 aromatic carbocycles. The molecule has 3 aromatic rings. The fourth-order valence-electron chi connectivity index (χ4n) is 3.40. The third-order valence-corrected chi connectivity index (χ3v) is 4.81. The normalized spacial score (nSPS) is 13.3. The second-order valence-corrected chi connectivity index (χ2v) is 6.55. The molecule has 0 unspecified atom stereocenters. The van der Waals surface area contributed by atoms with Crippen LogP contribution in [0.4, 0.5) is 0 Å². The van der Waals surface area contributed by atoms with Gasteiger partial charge in [0.1, 0.15) is 0 Å². The molecular weight excluding hydrogens is 342 g/mol. The third-order valence-electron chi connectivity index (χ3n) is 4.81. The largest absolute Gasteiger partial charge is 0.361 e. The number of carbonyl (C=O) groups is 3. The lowest BCUT2D eigenvalue weighted by Crippen LogP contribution is -2.32. The molecule has 0 fully saturated rings. The van der Waals surface area contributed by atoms with Crippen molar-refractivity contribution in [2.45, 2.75) is 19.4 Å². The molecule has 6 nitrogen and oxygen atoms in total. The molecule has 1 aliphatic heterocycles. The smallest absolute Gasteiger partial charge is 0.261 e. The fourth-order valence-corrected chi connectivity index (χ4v) is 3.40. The van der Waals surface area contributed by atoms with E-state index in [-0.39, 0.29) is 30.7 Å². The Labute approximate surface area is 156 Å². The highest BCUT2D eigenvalue weighted by atomic mass is 16.2. The van der Waals surface area contributed by atoms with Gasteiger partial charge in [-0.2, -0.15) is 0 Å². The van der Waals surface area contributed by atoms with Crippen molar-refractivity contribution >= 4 is 28.6 Å². The number of carbonyl (C=O) groups excluding carboxylic acids is 3. The van der Waals surface area contributed by atoms with Crippen molar-refractivity contribution in [3.63, 3.8) is 0 Å². The van der Waals surface area contributed by atoms with E-state index in [9.17, 15) is 14.4 Å². The highest BCUT2D eigenvalue weighted by Gasteiger charge is 2.34. The van der Waals surface area contributed by atoms with E-state index < -0.39 is 0 Å². The van der Waals surface area contributed by atoms with E-state index in [1.807, 2.05) is 30.5 Å². The van der Waals surface area contributed by atoms with Crippen LogP contribution in [0.1, 0.15) is 39.1 Å². The number of para-hydroxylation sites is 1. The van der Waals surface area contributed by atoms with Crippen molar-refractivity contribution in [1.82, 2.24) is 15.2 Å². The van der Waals surface area contributed by atoms with E-state index >= 15 is 0 Å². The Kier molecular flexibility index (Phi) is 4.46. The first kappa shape index (κ1) is 17.0. The van der Waals surface area contributed by atoms with Crippen molar-refractivity contribution in [2.75, 3.05) is 6.54 Å². The van der Waals surface area contributed by atoms with Crippen molar-refractivity contribution in [3.05, 3.63) is 71.4 Å². The van der Waals surface area contributed by atoms with Gasteiger partial charge in [-0.25, -0.2) is 0 Å². The number of aromatic nitrogens is 1. The van der Waals surface area contributed by atoms with Crippen LogP contribution in [-0.2, 0) is 11.3 Å². The number of nitrogens with one attached hydrogen (secondary N) is 2. The standard InChI is InChI=1S/C21H19N3O3/c25-19(23-13-14-12-22-18-9-4-3-6-15(14)18)10-5-11-24-20(26)16-7-1-2-8-17(16)21(24)27/h1-4,6-9,12,22H,5,10-11,13H2,(H,23,25). The highest BCUT2D eigenvalue weighted by Crippen LogP contribution is 2.22. The maximum absolute atomic E-state index is 12.3. The minimum atomic E-state index is -0.283. The van der Waals surface area contributed by atoms with Gasteiger partial charge in [-0.3, -0.25) is 19.3 Å². The first-order valence-electron chi connectivity index (χ1n) is 8.92. The zero-order chi connectivity index (χ0) is 18.8. The van der Waals surface area contributed by atoms with E-state index in [1.54, 1.807) is 24.3 Å². The van der Waals surface area contributed by atoms with E-state index in [2.05, 4.69) is 10.3 Å². The van der Waals surface area contributed by atoms with Gasteiger partial charge in [-0.05, 0) is 30.2 Å². The number of hydrogen-bond acceptors (Lipinski definition) is 3. The Bertz CT molecular complexity index is 1000. The lowest BCUT2D eigenvalue weighted by Gasteiger charge is -2.13. The Morgan fingerprint density at radius 2 is 1.63 bits per heavy atom. The van der Waals surface area contributed by atoms with Crippen LogP contribution < -0.4 is 5.32 Å². The molecule has 4 rings (SSSR count). The van der Waals surface area contributed by atoms with Gasteiger partial charge in [-0.15, -0.1) is 0 Å². The first-order valence-corrected chi connectivity index (χ1v) is 8.92. The lowest BCUT2D eigenvalue weighted by molar-refractivity contribution is -0.121. The van der Waals surface area contributed by atoms with Crippen molar-refractivity contribution < 1.29 is 14.4 Å². The first-order chi connectivity index (χ1) is 13.1. The average Bonchev–Trinajstić information content (AvgIpc) is 3.21. The number of nitrogens with zero attached hydrogens (tertiary/aromatic N) is 1. The maximum Gasteiger partial charge on any atom is 0.261 e. The Balaban J connectivity index is 1.28. The van der Waals surface area contributed by atoms with Gasteiger partial charge in [0.05, 0.1) is 11.1 Å². The molecule has 0 radical (unpaired) electrons. The molecule has 1 aliphatic rings. The van der Waals surface area contributed by atoms with Crippen LogP contribution in [0.3, 0.4) is 0 Å². The average molecular weight is 361 g/mol. The monoisotopic (exact) mass is 361 g/mol. The summed E-state index contributed by atoms with van der Waals surface area (Å²) < 4.78 is 0. The van der Waals surface area contributed by atoms with E-state index in [1.165, 1.54) is 4.90 Å². The van der Waals surface area contributed by atoms with Gasteiger partial charge in [0.25, 0.3) is 11.8 Å². The number of H-pyrrole nitrogens is 1. The fraction of sp³-hybridized carbons (Fsp3) is 0.190. The topological polar surface area (TPSA) is 82.3 Å². The Morgan fingerprint density at radius 3 is 2.37 bits per heavy atom. The van der Waals surface area contributed by atoms with Crippen LogP contribution in [0.5, 0.6) is 0 Å². The summed E-state index contributed by atoms with van der Waals surface area (Å²) in [6.07, 6.45) is 2.59. The summed E-state index contributed by atoms with van der Waals surface area (Å²) in [6.45, 7) is 0.683. The molecule has 0 atom stereocenters. The number of hydrogen-bond donors (Lipinski definition) is 2. The van der Waals surface area contributed by atoms with Gasteiger partial charge in [0, 0.05) is 36.6 Å². The summed E-state index contributed by atoms with van der Waals surface area (Å²) in [7, 11) is 0. The summed E-state index contributed by atoms with van der Waals surface area (Å²) in [5.41, 5.74) is 2.93. The second-order valence-electron chi connectivity index (χ2n) is 6.55. The molecule has 3 amide bonds. The van der Waals surface area contributed by atoms with Gasteiger partial charge in [0.2, 0.25) is 5.91 Å².